The van der Waals surface area contributed by atoms with Crippen LogP contribution in [0.25, 0.3) is 0 Å². The normalized spacial score (nSPS) is 12.8. The molecule has 0 aromatic carbocycles. The standard InChI is InChI=1S/C9H19IN2/c1-7(2)6-9(11-5)12(10)8(3)4/h7-8H,6H2,1-5H3. The first-order chi connectivity index (χ1) is 5.49. The summed E-state index contributed by atoms with van der Waals surface area (Å²) in [5, 5.41) is 0. The summed E-state index contributed by atoms with van der Waals surface area (Å²) in [5.74, 6) is 1.88. The van der Waals surface area contributed by atoms with Crippen LogP contribution in [0, 0.1) is 5.92 Å². The highest BCUT2D eigenvalue weighted by molar-refractivity contribution is 14.1. The summed E-state index contributed by atoms with van der Waals surface area (Å²) in [7, 11) is 1.87. The second kappa shape index (κ2) is 5.78. The average Bonchev–Trinajstić information content (AvgIpc) is 1.98. The molecule has 72 valence electrons. The molecule has 3 heteroatoms. The maximum absolute atomic E-state index is 4.28. The maximum atomic E-state index is 4.28. The van der Waals surface area contributed by atoms with E-state index in [9.17, 15) is 0 Å². The molecule has 0 aromatic rings. The average molecular weight is 282 g/mol. The zero-order valence-corrected chi connectivity index (χ0v) is 10.8. The third kappa shape index (κ3) is 4.28. The fourth-order valence-electron chi connectivity index (χ4n) is 0.937. The summed E-state index contributed by atoms with van der Waals surface area (Å²) in [5.41, 5.74) is 0. The molecular weight excluding hydrogens is 263 g/mol. The summed E-state index contributed by atoms with van der Waals surface area (Å²) in [4.78, 5) is 4.28. The van der Waals surface area contributed by atoms with E-state index in [1.54, 1.807) is 0 Å². The van der Waals surface area contributed by atoms with Gasteiger partial charge in [0.15, 0.2) is 0 Å². The summed E-state index contributed by atoms with van der Waals surface area (Å²) in [6.45, 7) is 8.79. The van der Waals surface area contributed by atoms with Gasteiger partial charge in [-0.3, -0.25) is 4.99 Å². The molecule has 0 N–H and O–H groups in total. The summed E-state index contributed by atoms with van der Waals surface area (Å²) in [6.07, 6.45) is 1.07. The van der Waals surface area contributed by atoms with Crippen LogP contribution in [0.2, 0.25) is 0 Å². The molecule has 12 heavy (non-hydrogen) atoms. The van der Waals surface area contributed by atoms with Gasteiger partial charge >= 0.3 is 0 Å². The van der Waals surface area contributed by atoms with Crippen LogP contribution in [0.15, 0.2) is 4.99 Å². The first-order valence-corrected chi connectivity index (χ1v) is 5.36. The van der Waals surface area contributed by atoms with E-state index in [0.717, 1.165) is 6.42 Å². The number of hydrogen-bond acceptors (Lipinski definition) is 1. The lowest BCUT2D eigenvalue weighted by molar-refractivity contribution is 0.551. The maximum Gasteiger partial charge on any atom is 0.108 e. The SMILES string of the molecule is CN=C(CC(C)C)N(I)C(C)C. The van der Waals surface area contributed by atoms with Crippen LogP contribution in [0.5, 0.6) is 0 Å². The van der Waals surface area contributed by atoms with Crippen molar-refractivity contribution in [1.82, 2.24) is 3.11 Å². The fraction of sp³-hybridized carbons (Fsp3) is 0.889. The van der Waals surface area contributed by atoms with Gasteiger partial charge in [0.1, 0.15) is 5.84 Å². The molecule has 0 saturated carbocycles. The second-order valence-corrected chi connectivity index (χ2v) is 4.68. The van der Waals surface area contributed by atoms with Gasteiger partial charge in [-0.1, -0.05) is 13.8 Å². The van der Waals surface area contributed by atoms with Gasteiger partial charge in [-0.05, 0) is 19.8 Å². The molecule has 0 spiro atoms. The zero-order chi connectivity index (χ0) is 9.72. The van der Waals surface area contributed by atoms with E-state index >= 15 is 0 Å². The third-order valence-electron chi connectivity index (χ3n) is 1.55. The van der Waals surface area contributed by atoms with Crippen molar-refractivity contribution in [1.29, 1.82) is 0 Å². The first kappa shape index (κ1) is 12.2. The van der Waals surface area contributed by atoms with Crippen molar-refractivity contribution in [3.8, 4) is 0 Å². The van der Waals surface area contributed by atoms with Gasteiger partial charge in [0.05, 0.1) is 22.9 Å². The largest absolute Gasteiger partial charge is 0.300 e. The Morgan fingerprint density at radius 2 is 1.83 bits per heavy atom. The van der Waals surface area contributed by atoms with Gasteiger partial charge in [-0.2, -0.15) is 0 Å². The van der Waals surface area contributed by atoms with E-state index in [2.05, 4.69) is 58.7 Å². The number of amidine groups is 1. The predicted molar refractivity (Wildman–Crippen MR) is 63.8 cm³/mol. The van der Waals surface area contributed by atoms with Crippen LogP contribution in [0.1, 0.15) is 34.1 Å². The molecule has 0 aliphatic carbocycles. The minimum Gasteiger partial charge on any atom is -0.300 e. The van der Waals surface area contributed by atoms with Crippen LogP contribution in [0.3, 0.4) is 0 Å². The summed E-state index contributed by atoms with van der Waals surface area (Å²) in [6, 6.07) is 0.531. The molecule has 0 fully saturated rings. The van der Waals surface area contributed by atoms with Gasteiger partial charge in [-0.15, -0.1) is 0 Å². The molecule has 0 heterocycles. The highest BCUT2D eigenvalue weighted by Crippen LogP contribution is 2.13. The number of hydrogen-bond donors (Lipinski definition) is 0. The number of nitrogens with zero attached hydrogens (tertiary/aromatic N) is 2. The lowest BCUT2D eigenvalue weighted by Crippen LogP contribution is -2.28. The van der Waals surface area contributed by atoms with E-state index in [4.69, 9.17) is 0 Å². The monoisotopic (exact) mass is 282 g/mol. The Morgan fingerprint density at radius 3 is 2.08 bits per heavy atom. The lowest BCUT2D eigenvalue weighted by atomic mass is 10.1. The van der Waals surface area contributed by atoms with E-state index in [1.165, 1.54) is 5.84 Å². The molecule has 0 aromatic heterocycles. The van der Waals surface area contributed by atoms with Crippen LogP contribution >= 0.6 is 22.9 Å². The van der Waals surface area contributed by atoms with Gasteiger partial charge in [-0.25, -0.2) is 0 Å². The molecule has 0 rings (SSSR count). The van der Waals surface area contributed by atoms with Crippen molar-refractivity contribution in [2.75, 3.05) is 7.05 Å². The van der Waals surface area contributed by atoms with Crippen molar-refractivity contribution in [2.45, 2.75) is 40.2 Å². The van der Waals surface area contributed by atoms with Crippen molar-refractivity contribution >= 4 is 28.7 Å². The Bertz CT molecular complexity index is 153. The van der Waals surface area contributed by atoms with E-state index in [0.29, 0.717) is 12.0 Å². The van der Waals surface area contributed by atoms with Crippen LogP contribution in [-0.4, -0.2) is 22.0 Å². The molecule has 0 radical (unpaired) electrons. The number of aliphatic imine (C=N–C) groups is 1. The van der Waals surface area contributed by atoms with Crippen molar-refractivity contribution in [3.05, 3.63) is 0 Å². The Balaban J connectivity index is 4.17. The van der Waals surface area contributed by atoms with Gasteiger partial charge in [0.2, 0.25) is 0 Å². The fourth-order valence-corrected chi connectivity index (χ4v) is 1.35. The lowest BCUT2D eigenvalue weighted by Gasteiger charge is -2.23. The predicted octanol–water partition coefficient (Wildman–Crippen LogP) is 3.12. The van der Waals surface area contributed by atoms with Crippen molar-refractivity contribution in [2.24, 2.45) is 10.9 Å². The van der Waals surface area contributed by atoms with Gasteiger partial charge in [0.25, 0.3) is 0 Å². The molecule has 0 bridgehead atoms. The summed E-state index contributed by atoms with van der Waals surface area (Å²) >= 11 is 2.33. The number of halogens is 1. The topological polar surface area (TPSA) is 15.6 Å². The molecule has 0 aliphatic heterocycles. The Labute approximate surface area is 89.9 Å². The van der Waals surface area contributed by atoms with Crippen LogP contribution in [0.4, 0.5) is 0 Å². The van der Waals surface area contributed by atoms with E-state index in [-0.39, 0.29) is 0 Å². The number of rotatable bonds is 3. The molecule has 0 saturated heterocycles. The third-order valence-corrected chi connectivity index (χ3v) is 3.22. The summed E-state index contributed by atoms with van der Waals surface area (Å²) < 4.78 is 2.21. The zero-order valence-electron chi connectivity index (χ0n) is 8.63. The van der Waals surface area contributed by atoms with Crippen LogP contribution < -0.4 is 0 Å². The van der Waals surface area contributed by atoms with Crippen molar-refractivity contribution in [3.63, 3.8) is 0 Å². The molecule has 2 nitrogen and oxygen atoms in total. The van der Waals surface area contributed by atoms with E-state index in [1.807, 2.05) is 7.05 Å². The highest BCUT2D eigenvalue weighted by atomic mass is 127. The quantitative estimate of drug-likeness (QED) is 0.336. The highest BCUT2D eigenvalue weighted by Gasteiger charge is 2.11. The van der Waals surface area contributed by atoms with Gasteiger partial charge in [0, 0.05) is 19.5 Å². The van der Waals surface area contributed by atoms with Crippen LogP contribution in [-0.2, 0) is 0 Å². The minimum atomic E-state index is 0.531. The molecule has 0 amide bonds. The Morgan fingerprint density at radius 1 is 1.33 bits per heavy atom. The second-order valence-electron chi connectivity index (χ2n) is 3.64. The molecule has 0 aliphatic rings. The Kier molecular flexibility index (Phi) is 5.88. The smallest absolute Gasteiger partial charge is 0.108 e. The molecule has 0 atom stereocenters. The molecular formula is C9H19IN2. The molecule has 0 unspecified atom stereocenters. The minimum absolute atomic E-state index is 0.531. The van der Waals surface area contributed by atoms with Crippen molar-refractivity contribution < 1.29 is 0 Å². The first-order valence-electron chi connectivity index (χ1n) is 4.39. The van der Waals surface area contributed by atoms with Gasteiger partial charge < -0.3 is 3.11 Å². The Hall–Kier alpha value is 0.200. The van der Waals surface area contributed by atoms with E-state index < -0.39 is 0 Å².